The predicted molar refractivity (Wildman–Crippen MR) is 143 cm³/mol. The molecule has 30 heavy (non-hydrogen) atoms. The SMILES string of the molecule is CC(C)(C)P(Cc1[c-]c(CP(C(C)(C)C)C(C)(C)C)c2ccccc2c1)C(C)(C)C. The molecule has 0 saturated heterocycles. The van der Waals surface area contributed by atoms with Gasteiger partial charge in [-0.05, 0) is 32.9 Å². The maximum atomic E-state index is 3.97. The van der Waals surface area contributed by atoms with E-state index in [0.717, 1.165) is 12.3 Å². The summed E-state index contributed by atoms with van der Waals surface area (Å²) in [6.07, 6.45) is 2.31. The Morgan fingerprint density at radius 1 is 0.633 bits per heavy atom. The zero-order valence-corrected chi connectivity index (χ0v) is 23.5. The van der Waals surface area contributed by atoms with Gasteiger partial charge < -0.3 is 0 Å². The molecule has 0 aromatic heterocycles. The molecule has 0 amide bonds. The maximum Gasteiger partial charge on any atom is -0.0172 e. The first-order valence-corrected chi connectivity index (χ1v) is 14.4. The van der Waals surface area contributed by atoms with E-state index in [2.05, 4.69) is 119 Å². The van der Waals surface area contributed by atoms with E-state index in [0.29, 0.717) is 20.6 Å². The van der Waals surface area contributed by atoms with Gasteiger partial charge in [0.05, 0.1) is 0 Å². The van der Waals surface area contributed by atoms with Crippen molar-refractivity contribution in [3.63, 3.8) is 0 Å². The van der Waals surface area contributed by atoms with Gasteiger partial charge in [-0.3, -0.25) is 0 Å². The molecule has 0 heterocycles. The molecule has 0 unspecified atom stereocenters. The second-order valence-electron chi connectivity index (χ2n) is 12.7. The molecule has 0 saturated carbocycles. The van der Waals surface area contributed by atoms with Crippen molar-refractivity contribution in [3.05, 3.63) is 47.5 Å². The van der Waals surface area contributed by atoms with Crippen molar-refractivity contribution in [3.8, 4) is 0 Å². The number of rotatable bonds is 4. The summed E-state index contributed by atoms with van der Waals surface area (Å²) in [6.45, 7) is 29.1. The largest absolute Gasteiger partial charge is 0.176 e. The zero-order valence-electron chi connectivity index (χ0n) is 21.7. The van der Waals surface area contributed by atoms with E-state index in [9.17, 15) is 0 Å². The van der Waals surface area contributed by atoms with Crippen molar-refractivity contribution in [1.29, 1.82) is 0 Å². The first-order chi connectivity index (χ1) is 13.4. The van der Waals surface area contributed by atoms with Crippen molar-refractivity contribution in [2.45, 2.75) is 116 Å². The Balaban J connectivity index is 2.58. The molecule has 2 rings (SSSR count). The van der Waals surface area contributed by atoms with Crippen molar-refractivity contribution >= 4 is 26.6 Å². The molecule has 2 heteroatoms. The highest BCUT2D eigenvalue weighted by Gasteiger charge is 2.35. The quantitative estimate of drug-likeness (QED) is 0.326. The predicted octanol–water partition coefficient (Wildman–Crippen LogP) is 9.80. The number of hydrogen-bond donors (Lipinski definition) is 0. The van der Waals surface area contributed by atoms with Gasteiger partial charge in [0.25, 0.3) is 0 Å². The molecule has 0 bridgehead atoms. The Hall–Kier alpha value is -0.440. The van der Waals surface area contributed by atoms with Crippen molar-refractivity contribution in [2.75, 3.05) is 0 Å². The van der Waals surface area contributed by atoms with Crippen LogP contribution in [0.15, 0.2) is 30.3 Å². The molecule has 0 fully saturated rings. The van der Waals surface area contributed by atoms with Gasteiger partial charge in [0, 0.05) is 0 Å². The van der Waals surface area contributed by atoms with Crippen LogP contribution in [0.3, 0.4) is 0 Å². The Morgan fingerprint density at radius 2 is 1.07 bits per heavy atom. The summed E-state index contributed by atoms with van der Waals surface area (Å²) >= 11 is 0. The normalized spacial score (nSPS) is 14.2. The summed E-state index contributed by atoms with van der Waals surface area (Å²) in [5.41, 5.74) is 2.86. The van der Waals surface area contributed by atoms with Crippen LogP contribution in [0.25, 0.3) is 10.8 Å². The minimum absolute atomic E-state index is 0.178. The van der Waals surface area contributed by atoms with Crippen LogP contribution in [0.5, 0.6) is 0 Å². The molecule has 2 aromatic carbocycles. The van der Waals surface area contributed by atoms with Crippen LogP contribution < -0.4 is 0 Å². The minimum Gasteiger partial charge on any atom is -0.176 e. The van der Waals surface area contributed by atoms with Crippen molar-refractivity contribution < 1.29 is 0 Å². The summed E-state index contributed by atoms with van der Waals surface area (Å²) in [5.74, 6) is 0. The molecule has 0 nitrogen and oxygen atoms in total. The lowest BCUT2D eigenvalue weighted by molar-refractivity contribution is 0.702. The number of hydrogen-bond acceptors (Lipinski definition) is 0. The molecule has 0 aliphatic carbocycles. The maximum absolute atomic E-state index is 3.97. The molecule has 2 aromatic rings. The number of benzene rings is 2. The topological polar surface area (TPSA) is 0 Å². The van der Waals surface area contributed by atoms with Crippen LogP contribution >= 0.6 is 15.8 Å². The third-order valence-corrected chi connectivity index (χ3v) is 13.6. The summed E-state index contributed by atoms with van der Waals surface area (Å²) in [5, 5.41) is 4.09. The monoisotopic (exact) mass is 443 g/mol. The molecule has 0 aliphatic rings. The summed E-state index contributed by atoms with van der Waals surface area (Å²) in [6, 6.07) is 15.4. The molecular formula is C28H45P2-. The first kappa shape index (κ1) is 25.8. The molecule has 0 atom stereocenters. The van der Waals surface area contributed by atoms with Gasteiger partial charge in [-0.15, -0.1) is 22.4 Å². The van der Waals surface area contributed by atoms with Gasteiger partial charge in [0.15, 0.2) is 0 Å². The van der Waals surface area contributed by atoms with E-state index >= 15 is 0 Å². The Morgan fingerprint density at radius 3 is 1.53 bits per heavy atom. The van der Waals surface area contributed by atoms with Gasteiger partial charge in [0.1, 0.15) is 0 Å². The van der Waals surface area contributed by atoms with Gasteiger partial charge in [-0.25, -0.2) is 0 Å². The summed E-state index contributed by atoms with van der Waals surface area (Å²) < 4.78 is 0. The summed E-state index contributed by atoms with van der Waals surface area (Å²) in [7, 11) is -0.374. The minimum atomic E-state index is -0.196. The third-order valence-electron chi connectivity index (χ3n) is 5.81. The van der Waals surface area contributed by atoms with Crippen LogP contribution in [-0.2, 0) is 12.3 Å². The third kappa shape index (κ3) is 6.53. The molecule has 0 aliphatic heterocycles. The van der Waals surface area contributed by atoms with E-state index in [1.165, 1.54) is 21.9 Å². The molecule has 0 N–H and O–H groups in total. The number of fused-ring (bicyclic) bond motifs is 1. The fourth-order valence-corrected chi connectivity index (χ4v) is 11.9. The lowest BCUT2D eigenvalue weighted by Gasteiger charge is -2.44. The van der Waals surface area contributed by atoms with Crippen molar-refractivity contribution in [2.24, 2.45) is 0 Å². The van der Waals surface area contributed by atoms with Crippen LogP contribution in [0.4, 0.5) is 0 Å². The smallest absolute Gasteiger partial charge is 0.0172 e. The van der Waals surface area contributed by atoms with Crippen LogP contribution in [-0.4, -0.2) is 20.6 Å². The standard InChI is InChI=1S/C28H45P2/c1-25(2,3)29(26(4,5)6)19-21-17-22-15-13-14-16-24(22)23(18-21)20-30(27(7,8)9)28(10,11)12/h13-17H,19-20H2,1-12H3/q-1. The summed E-state index contributed by atoms with van der Waals surface area (Å²) in [4.78, 5) is 0. The lowest BCUT2D eigenvalue weighted by Crippen LogP contribution is -2.26. The van der Waals surface area contributed by atoms with E-state index in [1.807, 2.05) is 0 Å². The van der Waals surface area contributed by atoms with Gasteiger partial charge in [0.2, 0.25) is 0 Å². The average Bonchev–Trinajstić information content (AvgIpc) is 2.53. The Labute approximate surface area is 190 Å². The Kier molecular flexibility index (Phi) is 7.60. The van der Waals surface area contributed by atoms with Crippen molar-refractivity contribution in [1.82, 2.24) is 0 Å². The van der Waals surface area contributed by atoms with Crippen LogP contribution in [0, 0.1) is 6.07 Å². The van der Waals surface area contributed by atoms with E-state index < -0.39 is 0 Å². The molecular weight excluding hydrogens is 398 g/mol. The van der Waals surface area contributed by atoms with Gasteiger partial charge in [-0.1, -0.05) is 117 Å². The van der Waals surface area contributed by atoms with Crippen LogP contribution in [0.2, 0.25) is 0 Å². The fourth-order valence-electron chi connectivity index (χ4n) is 4.88. The molecule has 168 valence electrons. The second-order valence-corrected chi connectivity index (χ2v) is 20.4. The Bertz CT molecular complexity index is 823. The van der Waals surface area contributed by atoms with Gasteiger partial charge in [-0.2, -0.15) is 17.7 Å². The van der Waals surface area contributed by atoms with Crippen LogP contribution in [0.1, 0.15) is 94.2 Å². The lowest BCUT2D eigenvalue weighted by atomic mass is 10.0. The molecule has 0 radical (unpaired) electrons. The highest BCUT2D eigenvalue weighted by Crippen LogP contribution is 2.63. The molecule has 0 spiro atoms. The second kappa shape index (κ2) is 8.83. The average molecular weight is 444 g/mol. The van der Waals surface area contributed by atoms with E-state index in [-0.39, 0.29) is 15.8 Å². The van der Waals surface area contributed by atoms with E-state index in [4.69, 9.17) is 0 Å². The van der Waals surface area contributed by atoms with E-state index in [1.54, 1.807) is 0 Å². The first-order valence-electron chi connectivity index (χ1n) is 11.4. The highest BCUT2D eigenvalue weighted by atomic mass is 31.1. The zero-order chi connectivity index (χ0) is 23.1. The highest BCUT2D eigenvalue weighted by molar-refractivity contribution is 7.60. The fraction of sp³-hybridized carbons (Fsp3) is 0.643. The van der Waals surface area contributed by atoms with Gasteiger partial charge >= 0.3 is 0 Å².